The van der Waals surface area contributed by atoms with Crippen LogP contribution in [-0.4, -0.2) is 14.7 Å². The van der Waals surface area contributed by atoms with Crippen LogP contribution in [-0.2, 0) is 18.8 Å². The first-order chi connectivity index (χ1) is 7.46. The quantitative estimate of drug-likeness (QED) is 0.819. The van der Waals surface area contributed by atoms with Crippen molar-refractivity contribution < 1.29 is 0 Å². The number of nitrogens with zero attached hydrogens (tertiary/aromatic N) is 1. The second-order valence-corrected chi connectivity index (χ2v) is 6.74. The second kappa shape index (κ2) is 4.22. The highest BCUT2D eigenvalue weighted by Gasteiger charge is 2.17. The van der Waals surface area contributed by atoms with Gasteiger partial charge in [-0.05, 0) is 0 Å². The number of rotatable bonds is 2. The molecule has 0 spiro atoms. The summed E-state index contributed by atoms with van der Waals surface area (Å²) in [5.74, 6) is 1.54. The Balaban J connectivity index is 2.18. The van der Waals surface area contributed by atoms with Crippen LogP contribution in [0.25, 0.3) is 0 Å². The Bertz CT molecular complexity index is 448. The maximum absolute atomic E-state index is 11.7. The van der Waals surface area contributed by atoms with E-state index in [2.05, 4.69) is 36.1 Å². The van der Waals surface area contributed by atoms with Crippen molar-refractivity contribution >= 4 is 11.8 Å². The minimum Gasteiger partial charge on any atom is -0.310 e. The summed E-state index contributed by atoms with van der Waals surface area (Å²) in [7, 11) is 0. The monoisotopic (exact) mass is 239 g/mol. The first-order valence-corrected chi connectivity index (χ1v) is 6.40. The molecule has 1 aromatic rings. The van der Waals surface area contributed by atoms with Crippen LogP contribution in [0.15, 0.2) is 4.79 Å². The zero-order valence-electron chi connectivity index (χ0n) is 9.89. The molecule has 2 N–H and O–H groups in total. The lowest BCUT2D eigenvalue weighted by Gasteiger charge is -2.16. The van der Waals surface area contributed by atoms with Crippen molar-refractivity contribution in [1.29, 1.82) is 0 Å². The lowest BCUT2D eigenvalue weighted by atomic mass is 10.3. The van der Waals surface area contributed by atoms with Gasteiger partial charge in [-0.2, -0.15) is 0 Å². The van der Waals surface area contributed by atoms with Crippen LogP contribution in [0.1, 0.15) is 37.9 Å². The van der Waals surface area contributed by atoms with Gasteiger partial charge >= 0.3 is 0 Å². The molecule has 88 valence electrons. The molecule has 4 nitrogen and oxygen atoms in total. The fraction of sp³-hybridized carbons (Fsp3) is 0.636. The number of hydrogen-bond donors (Lipinski definition) is 2. The summed E-state index contributed by atoms with van der Waals surface area (Å²) in [4.78, 5) is 19.0. The topological polar surface area (TPSA) is 57.8 Å². The second-order valence-electron chi connectivity index (χ2n) is 4.94. The number of H-pyrrole nitrogens is 1. The average Bonchev–Trinajstić information content (AvgIpc) is 2.62. The maximum Gasteiger partial charge on any atom is 0.255 e. The van der Waals surface area contributed by atoms with Crippen LogP contribution >= 0.6 is 11.8 Å². The molecule has 5 heteroatoms. The Morgan fingerprint density at radius 2 is 2.12 bits per heavy atom. The molecule has 0 fully saturated rings. The summed E-state index contributed by atoms with van der Waals surface area (Å²) in [5.41, 5.74) is 1.72. The molecule has 1 aliphatic rings. The highest BCUT2D eigenvalue weighted by molar-refractivity contribution is 7.99. The Morgan fingerprint density at radius 3 is 2.81 bits per heavy atom. The van der Waals surface area contributed by atoms with Gasteiger partial charge in [-0.25, -0.2) is 4.98 Å². The third-order valence-corrected chi connectivity index (χ3v) is 3.67. The van der Waals surface area contributed by atoms with Crippen LogP contribution in [0.4, 0.5) is 0 Å². The zero-order valence-corrected chi connectivity index (χ0v) is 10.7. The molecule has 1 aliphatic heterocycles. The van der Waals surface area contributed by atoms with E-state index in [4.69, 9.17) is 0 Å². The van der Waals surface area contributed by atoms with Crippen molar-refractivity contribution in [1.82, 2.24) is 15.3 Å². The minimum atomic E-state index is 0.0134. The molecule has 0 aliphatic carbocycles. The largest absolute Gasteiger partial charge is 0.310 e. The maximum atomic E-state index is 11.7. The van der Waals surface area contributed by atoms with E-state index in [1.54, 1.807) is 11.8 Å². The smallest absolute Gasteiger partial charge is 0.255 e. The van der Waals surface area contributed by atoms with Crippen LogP contribution in [0.3, 0.4) is 0 Å². The van der Waals surface area contributed by atoms with Gasteiger partial charge in [-0.15, -0.1) is 11.8 Å². The number of fused-ring (bicyclic) bond motifs is 1. The predicted octanol–water partition coefficient (Wildman–Crippen LogP) is 1.40. The Labute approximate surface area is 99.3 Å². The van der Waals surface area contributed by atoms with Crippen molar-refractivity contribution in [3.8, 4) is 0 Å². The molecule has 16 heavy (non-hydrogen) atoms. The number of nitrogens with one attached hydrogen (secondary N) is 2. The lowest BCUT2D eigenvalue weighted by molar-refractivity contribution is 0.755. The van der Waals surface area contributed by atoms with E-state index in [9.17, 15) is 4.79 Å². The summed E-state index contributed by atoms with van der Waals surface area (Å²) >= 11 is 1.79. The van der Waals surface area contributed by atoms with E-state index >= 15 is 0 Å². The first kappa shape index (κ1) is 11.7. The SMILES string of the molecule is CC(C)(C)SCc1nc2c(c(=O)[nH]1)CNC2. The number of hydrogen-bond acceptors (Lipinski definition) is 4. The van der Waals surface area contributed by atoms with Crippen molar-refractivity contribution in [3.05, 3.63) is 27.4 Å². The molecule has 0 saturated heterocycles. The van der Waals surface area contributed by atoms with Gasteiger partial charge in [-0.3, -0.25) is 4.79 Å². The van der Waals surface area contributed by atoms with E-state index in [0.29, 0.717) is 13.1 Å². The summed E-state index contributed by atoms with van der Waals surface area (Å²) < 4.78 is 0.190. The normalized spacial score (nSPS) is 15.2. The van der Waals surface area contributed by atoms with Crippen molar-refractivity contribution in [2.45, 2.75) is 44.4 Å². The molecule has 2 heterocycles. The number of aromatic nitrogens is 2. The Kier molecular flexibility index (Phi) is 3.08. The van der Waals surface area contributed by atoms with Gasteiger partial charge in [0.15, 0.2) is 0 Å². The van der Waals surface area contributed by atoms with E-state index in [0.717, 1.165) is 22.8 Å². The fourth-order valence-corrected chi connectivity index (χ4v) is 2.29. The Morgan fingerprint density at radius 1 is 1.38 bits per heavy atom. The van der Waals surface area contributed by atoms with Gasteiger partial charge in [0.05, 0.1) is 17.0 Å². The molecule has 0 saturated carbocycles. The molecule has 2 rings (SSSR count). The zero-order chi connectivity index (χ0) is 11.8. The van der Waals surface area contributed by atoms with Gasteiger partial charge in [0.1, 0.15) is 5.82 Å². The summed E-state index contributed by atoms with van der Waals surface area (Å²) in [6.45, 7) is 7.83. The van der Waals surface area contributed by atoms with Gasteiger partial charge in [-0.1, -0.05) is 20.8 Å². The molecule has 1 aromatic heterocycles. The Hall–Kier alpha value is -0.810. The standard InChI is InChI=1S/C11H17N3OS/c1-11(2,3)16-6-9-13-8-5-12-4-7(8)10(15)14-9/h12H,4-6H2,1-3H3,(H,13,14,15). The molecular formula is C11H17N3OS. The van der Waals surface area contributed by atoms with Crippen LogP contribution in [0.2, 0.25) is 0 Å². The van der Waals surface area contributed by atoms with Gasteiger partial charge in [0.25, 0.3) is 5.56 Å². The van der Waals surface area contributed by atoms with Gasteiger partial charge < -0.3 is 10.3 Å². The van der Waals surface area contributed by atoms with Crippen LogP contribution in [0, 0.1) is 0 Å². The van der Waals surface area contributed by atoms with Gasteiger partial charge in [0, 0.05) is 17.8 Å². The van der Waals surface area contributed by atoms with E-state index < -0.39 is 0 Å². The van der Waals surface area contributed by atoms with Crippen molar-refractivity contribution in [2.75, 3.05) is 0 Å². The summed E-state index contributed by atoms with van der Waals surface area (Å²) in [5, 5.41) is 3.14. The third-order valence-electron chi connectivity index (χ3n) is 2.39. The van der Waals surface area contributed by atoms with Crippen molar-refractivity contribution in [3.63, 3.8) is 0 Å². The number of thioether (sulfide) groups is 1. The van der Waals surface area contributed by atoms with E-state index in [-0.39, 0.29) is 10.3 Å². The molecule has 0 aromatic carbocycles. The minimum absolute atomic E-state index is 0.0134. The molecule has 0 bridgehead atoms. The summed E-state index contributed by atoms with van der Waals surface area (Å²) in [6, 6.07) is 0. The highest BCUT2D eigenvalue weighted by atomic mass is 32.2. The van der Waals surface area contributed by atoms with Crippen LogP contribution in [0.5, 0.6) is 0 Å². The molecule has 0 unspecified atom stereocenters. The fourth-order valence-electron chi connectivity index (χ4n) is 1.58. The van der Waals surface area contributed by atoms with E-state index in [1.807, 2.05) is 0 Å². The average molecular weight is 239 g/mol. The van der Waals surface area contributed by atoms with Crippen molar-refractivity contribution in [2.24, 2.45) is 0 Å². The predicted molar refractivity (Wildman–Crippen MR) is 66.4 cm³/mol. The highest BCUT2D eigenvalue weighted by Crippen LogP contribution is 2.25. The molecule has 0 amide bonds. The third kappa shape index (κ3) is 2.65. The van der Waals surface area contributed by atoms with E-state index in [1.165, 1.54) is 0 Å². The van der Waals surface area contributed by atoms with Crippen LogP contribution < -0.4 is 10.9 Å². The lowest BCUT2D eigenvalue weighted by Crippen LogP contribution is -2.18. The summed E-state index contributed by atoms with van der Waals surface area (Å²) in [6.07, 6.45) is 0. The number of aromatic amines is 1. The molecule has 0 radical (unpaired) electrons. The molecule has 0 atom stereocenters. The molecular weight excluding hydrogens is 222 g/mol. The first-order valence-electron chi connectivity index (χ1n) is 5.41. The van der Waals surface area contributed by atoms with Gasteiger partial charge in [0.2, 0.25) is 0 Å².